The molecule has 0 N–H and O–H groups in total. The van der Waals surface area contributed by atoms with Crippen molar-refractivity contribution in [1.29, 1.82) is 0 Å². The molecule has 2 atom stereocenters. The number of aromatic nitrogens is 1. The normalized spacial score (nSPS) is 18.5. The van der Waals surface area contributed by atoms with Gasteiger partial charge in [-0.05, 0) is 56.7 Å². The number of morpholine rings is 1. The molecule has 8 heteroatoms. The summed E-state index contributed by atoms with van der Waals surface area (Å²) >= 11 is 0. The number of hydrogen-bond acceptors (Lipinski definition) is 5. The van der Waals surface area contributed by atoms with Gasteiger partial charge in [0.1, 0.15) is 5.76 Å². The Balaban J connectivity index is 1.44. The van der Waals surface area contributed by atoms with E-state index in [0.29, 0.717) is 50.0 Å². The van der Waals surface area contributed by atoms with Crippen LogP contribution in [0.2, 0.25) is 0 Å². The molecule has 1 fully saturated rings. The van der Waals surface area contributed by atoms with Gasteiger partial charge in [0.25, 0.3) is 11.8 Å². The summed E-state index contributed by atoms with van der Waals surface area (Å²) in [6, 6.07) is 10.9. The van der Waals surface area contributed by atoms with Crippen molar-refractivity contribution in [3.05, 3.63) is 71.8 Å². The first-order chi connectivity index (χ1) is 15.9. The Hall–Kier alpha value is -3.26. The molecule has 1 saturated heterocycles. The summed E-state index contributed by atoms with van der Waals surface area (Å²) in [4.78, 5) is 29.3. The van der Waals surface area contributed by atoms with Crippen LogP contribution < -0.4 is 0 Å². The van der Waals surface area contributed by atoms with Gasteiger partial charge in [-0.3, -0.25) is 9.59 Å². The third-order valence-corrected chi connectivity index (χ3v) is 5.69. The maximum Gasteiger partial charge on any atom is 0.289 e. The molecule has 1 aliphatic rings. The average molecular weight is 454 g/mol. The highest BCUT2D eigenvalue weighted by atomic mass is 16.5. The molecule has 4 heterocycles. The molecule has 0 bridgehead atoms. The van der Waals surface area contributed by atoms with Crippen molar-refractivity contribution in [3.8, 4) is 0 Å². The van der Waals surface area contributed by atoms with Crippen LogP contribution >= 0.6 is 0 Å². The van der Waals surface area contributed by atoms with Gasteiger partial charge in [-0.1, -0.05) is 6.92 Å². The van der Waals surface area contributed by atoms with Gasteiger partial charge in [0.05, 0.1) is 31.6 Å². The SMILES string of the molecule is CCCN(Cc1cccn1Cc1ccc(C(=O)N2CC(C)OC(C)C2)o1)C(=O)c1ccco1. The molecule has 3 aromatic heterocycles. The zero-order valence-electron chi connectivity index (χ0n) is 19.4. The summed E-state index contributed by atoms with van der Waals surface area (Å²) in [6.45, 7) is 8.64. The fourth-order valence-corrected chi connectivity index (χ4v) is 4.27. The van der Waals surface area contributed by atoms with Crippen LogP contribution in [0.4, 0.5) is 0 Å². The van der Waals surface area contributed by atoms with E-state index in [1.165, 1.54) is 6.26 Å². The Morgan fingerprint density at radius 2 is 1.85 bits per heavy atom. The van der Waals surface area contributed by atoms with Crippen LogP contribution in [0, 0.1) is 0 Å². The van der Waals surface area contributed by atoms with E-state index < -0.39 is 0 Å². The van der Waals surface area contributed by atoms with E-state index in [1.54, 1.807) is 28.0 Å². The lowest BCUT2D eigenvalue weighted by molar-refractivity contribution is -0.0592. The highest BCUT2D eigenvalue weighted by molar-refractivity contribution is 5.92. The Bertz CT molecular complexity index is 1060. The van der Waals surface area contributed by atoms with Gasteiger partial charge in [0, 0.05) is 31.5 Å². The molecule has 33 heavy (non-hydrogen) atoms. The van der Waals surface area contributed by atoms with E-state index in [-0.39, 0.29) is 24.0 Å². The van der Waals surface area contributed by atoms with Gasteiger partial charge in [0.15, 0.2) is 11.5 Å². The smallest absolute Gasteiger partial charge is 0.289 e. The minimum atomic E-state index is -0.130. The van der Waals surface area contributed by atoms with E-state index in [1.807, 2.05) is 49.7 Å². The van der Waals surface area contributed by atoms with E-state index in [2.05, 4.69) is 0 Å². The highest BCUT2D eigenvalue weighted by Crippen LogP contribution is 2.19. The molecule has 0 aliphatic carbocycles. The summed E-state index contributed by atoms with van der Waals surface area (Å²) in [6.07, 6.45) is 4.31. The first-order valence-electron chi connectivity index (χ1n) is 11.4. The molecule has 4 rings (SSSR count). The summed E-state index contributed by atoms with van der Waals surface area (Å²) in [5.74, 6) is 1.11. The molecule has 2 unspecified atom stereocenters. The predicted octanol–water partition coefficient (Wildman–Crippen LogP) is 4.02. The van der Waals surface area contributed by atoms with Crippen molar-refractivity contribution in [3.63, 3.8) is 0 Å². The third kappa shape index (κ3) is 5.39. The van der Waals surface area contributed by atoms with Crippen molar-refractivity contribution in [1.82, 2.24) is 14.4 Å². The number of rotatable bonds is 8. The first-order valence-corrected chi connectivity index (χ1v) is 11.4. The summed E-state index contributed by atoms with van der Waals surface area (Å²) in [5, 5.41) is 0. The third-order valence-electron chi connectivity index (χ3n) is 5.69. The molecule has 3 aromatic rings. The number of nitrogens with zero attached hydrogens (tertiary/aromatic N) is 3. The second kappa shape index (κ2) is 10.1. The molecule has 0 spiro atoms. The minimum absolute atomic E-state index is 0.00418. The lowest BCUT2D eigenvalue weighted by Gasteiger charge is -2.34. The standard InChI is InChI=1S/C25H31N3O5/c1-4-11-27(24(29)22-8-6-13-31-22)16-20-7-5-12-26(20)17-21-9-10-23(33-21)25(30)28-14-18(2)32-19(3)15-28/h5-10,12-13,18-19H,4,11,14-17H2,1-3H3. The van der Waals surface area contributed by atoms with Gasteiger partial charge in [-0.15, -0.1) is 0 Å². The summed E-state index contributed by atoms with van der Waals surface area (Å²) in [5.41, 5.74) is 0.975. The number of carbonyl (C=O) groups excluding carboxylic acids is 2. The van der Waals surface area contributed by atoms with Crippen LogP contribution in [0.5, 0.6) is 0 Å². The minimum Gasteiger partial charge on any atom is -0.459 e. The van der Waals surface area contributed by atoms with Crippen molar-refractivity contribution >= 4 is 11.8 Å². The van der Waals surface area contributed by atoms with Crippen LogP contribution in [0.3, 0.4) is 0 Å². The van der Waals surface area contributed by atoms with E-state index in [0.717, 1.165) is 12.1 Å². The summed E-state index contributed by atoms with van der Waals surface area (Å²) in [7, 11) is 0. The zero-order chi connectivity index (χ0) is 23.4. The van der Waals surface area contributed by atoms with Crippen LogP contribution in [0.15, 0.2) is 57.7 Å². The Kier molecular flexibility index (Phi) is 7.03. The average Bonchev–Trinajstić information content (AvgIpc) is 3.55. The molecule has 0 radical (unpaired) electrons. The van der Waals surface area contributed by atoms with Gasteiger partial charge in [-0.25, -0.2) is 0 Å². The van der Waals surface area contributed by atoms with Gasteiger partial charge in [0.2, 0.25) is 0 Å². The molecule has 2 amide bonds. The monoisotopic (exact) mass is 453 g/mol. The van der Waals surface area contributed by atoms with Gasteiger partial charge >= 0.3 is 0 Å². The lowest BCUT2D eigenvalue weighted by Crippen LogP contribution is -2.48. The Morgan fingerprint density at radius 1 is 1.06 bits per heavy atom. The molecule has 0 saturated carbocycles. The highest BCUT2D eigenvalue weighted by Gasteiger charge is 2.28. The second-order valence-corrected chi connectivity index (χ2v) is 8.56. The number of furan rings is 2. The van der Waals surface area contributed by atoms with Crippen molar-refractivity contribution in [2.75, 3.05) is 19.6 Å². The lowest BCUT2D eigenvalue weighted by atomic mass is 10.2. The van der Waals surface area contributed by atoms with E-state index in [4.69, 9.17) is 13.6 Å². The summed E-state index contributed by atoms with van der Waals surface area (Å²) < 4.78 is 19.0. The molecule has 176 valence electrons. The van der Waals surface area contributed by atoms with Crippen molar-refractivity contribution in [2.45, 2.75) is 52.5 Å². The number of carbonyl (C=O) groups is 2. The quantitative estimate of drug-likeness (QED) is 0.515. The maximum atomic E-state index is 12.9. The molecule has 1 aliphatic heterocycles. The number of amides is 2. The number of hydrogen-bond donors (Lipinski definition) is 0. The van der Waals surface area contributed by atoms with Crippen molar-refractivity contribution < 1.29 is 23.2 Å². The van der Waals surface area contributed by atoms with Crippen molar-refractivity contribution in [2.24, 2.45) is 0 Å². The topological polar surface area (TPSA) is 81.1 Å². The molecule has 0 aromatic carbocycles. The van der Waals surface area contributed by atoms with Crippen LogP contribution in [-0.2, 0) is 17.8 Å². The predicted molar refractivity (Wildman–Crippen MR) is 122 cm³/mol. The maximum absolute atomic E-state index is 12.9. The Labute approximate surface area is 193 Å². The van der Waals surface area contributed by atoms with Crippen LogP contribution in [0.25, 0.3) is 0 Å². The Morgan fingerprint density at radius 3 is 2.55 bits per heavy atom. The second-order valence-electron chi connectivity index (χ2n) is 8.56. The van der Waals surface area contributed by atoms with Gasteiger partial charge in [-0.2, -0.15) is 0 Å². The fourth-order valence-electron chi connectivity index (χ4n) is 4.27. The first kappa shape index (κ1) is 22.9. The zero-order valence-corrected chi connectivity index (χ0v) is 19.4. The van der Waals surface area contributed by atoms with Crippen LogP contribution in [-0.4, -0.2) is 58.0 Å². The van der Waals surface area contributed by atoms with E-state index >= 15 is 0 Å². The fraction of sp³-hybridized carbons (Fsp3) is 0.440. The molecular weight excluding hydrogens is 422 g/mol. The number of ether oxygens (including phenoxy) is 1. The largest absolute Gasteiger partial charge is 0.459 e. The molecular formula is C25H31N3O5. The van der Waals surface area contributed by atoms with Gasteiger partial charge < -0.3 is 27.9 Å². The van der Waals surface area contributed by atoms with Crippen LogP contribution in [0.1, 0.15) is 59.8 Å². The van der Waals surface area contributed by atoms with E-state index in [9.17, 15) is 9.59 Å². The molecule has 8 nitrogen and oxygen atoms in total.